The number of likely N-dealkylation sites (tertiary alicyclic amines) is 1. The van der Waals surface area contributed by atoms with E-state index in [4.69, 9.17) is 21.1 Å². The van der Waals surface area contributed by atoms with Crippen LogP contribution in [-0.4, -0.2) is 48.2 Å². The highest BCUT2D eigenvalue weighted by atomic mass is 35.5. The van der Waals surface area contributed by atoms with Crippen LogP contribution in [-0.2, 0) is 20.9 Å². The smallest absolute Gasteiger partial charge is 0.411 e. The maximum atomic E-state index is 13.5. The Labute approximate surface area is 192 Å². The van der Waals surface area contributed by atoms with Crippen LogP contribution in [0.5, 0.6) is 0 Å². The van der Waals surface area contributed by atoms with Crippen LogP contribution in [0.15, 0.2) is 48.5 Å². The van der Waals surface area contributed by atoms with Gasteiger partial charge in [0.1, 0.15) is 17.5 Å². The van der Waals surface area contributed by atoms with Gasteiger partial charge >= 0.3 is 6.09 Å². The lowest BCUT2D eigenvalue weighted by Gasteiger charge is -2.30. The van der Waals surface area contributed by atoms with Gasteiger partial charge in [-0.3, -0.25) is 9.69 Å². The number of hydrogen-bond acceptors (Lipinski definition) is 4. The first-order valence-electron chi connectivity index (χ1n) is 10.4. The Bertz CT molecular complexity index is 964. The third-order valence-corrected chi connectivity index (χ3v) is 5.42. The molecule has 32 heavy (non-hydrogen) atoms. The number of rotatable bonds is 5. The molecule has 0 bridgehead atoms. The SMILES string of the molecule is CN(C(=O)[C@@H]1C[C@H](OCc2ccccc2)CN1C(=O)OC(C)(C)C)c1ccc(F)c(Cl)c1. The fourth-order valence-corrected chi connectivity index (χ4v) is 3.68. The van der Waals surface area contributed by atoms with Crippen molar-refractivity contribution in [1.29, 1.82) is 0 Å². The molecule has 2 atom stereocenters. The summed E-state index contributed by atoms with van der Waals surface area (Å²) in [6, 6.07) is 13.0. The molecule has 1 aliphatic rings. The summed E-state index contributed by atoms with van der Waals surface area (Å²) in [7, 11) is 1.57. The maximum Gasteiger partial charge on any atom is 0.411 e. The van der Waals surface area contributed by atoms with Crippen LogP contribution >= 0.6 is 11.6 Å². The predicted molar refractivity (Wildman–Crippen MR) is 121 cm³/mol. The van der Waals surface area contributed by atoms with Crippen molar-refractivity contribution in [2.24, 2.45) is 0 Å². The maximum absolute atomic E-state index is 13.5. The second kappa shape index (κ2) is 9.88. The van der Waals surface area contributed by atoms with E-state index in [2.05, 4.69) is 0 Å². The Hall–Kier alpha value is -2.64. The molecule has 0 N–H and O–H groups in total. The lowest BCUT2D eigenvalue weighted by Crippen LogP contribution is -2.48. The monoisotopic (exact) mass is 462 g/mol. The Kier molecular flexibility index (Phi) is 7.41. The zero-order valence-electron chi connectivity index (χ0n) is 18.7. The first-order chi connectivity index (χ1) is 15.0. The summed E-state index contributed by atoms with van der Waals surface area (Å²) in [5.74, 6) is -0.897. The van der Waals surface area contributed by atoms with Crippen molar-refractivity contribution in [2.75, 3.05) is 18.5 Å². The van der Waals surface area contributed by atoms with Crippen molar-refractivity contribution in [3.05, 3.63) is 64.9 Å². The summed E-state index contributed by atoms with van der Waals surface area (Å²) in [6.45, 7) is 5.92. The van der Waals surface area contributed by atoms with Crippen LogP contribution in [0, 0.1) is 5.82 Å². The van der Waals surface area contributed by atoms with E-state index in [-0.39, 0.29) is 23.6 Å². The standard InChI is InChI=1S/C24H28ClFN2O4/c1-24(2,3)32-23(30)28-14-18(31-15-16-8-6-5-7-9-16)13-21(28)22(29)27(4)17-10-11-20(26)19(25)12-17/h5-12,18,21H,13-15H2,1-4H3/t18-,21-/m0/s1. The predicted octanol–water partition coefficient (Wildman–Crippen LogP) is 5.04. The Morgan fingerprint density at radius 3 is 2.50 bits per heavy atom. The van der Waals surface area contributed by atoms with E-state index in [1.807, 2.05) is 30.3 Å². The molecular weight excluding hydrogens is 435 g/mol. The highest BCUT2D eigenvalue weighted by Gasteiger charge is 2.43. The molecule has 1 heterocycles. The van der Waals surface area contributed by atoms with Crippen molar-refractivity contribution < 1.29 is 23.5 Å². The third-order valence-electron chi connectivity index (χ3n) is 5.13. The highest BCUT2D eigenvalue weighted by Crippen LogP contribution is 2.28. The van der Waals surface area contributed by atoms with Crippen LogP contribution < -0.4 is 4.90 Å². The van der Waals surface area contributed by atoms with E-state index in [0.717, 1.165) is 5.56 Å². The average molecular weight is 463 g/mol. The molecule has 2 aromatic rings. The Morgan fingerprint density at radius 2 is 1.88 bits per heavy atom. The molecule has 172 valence electrons. The molecule has 1 saturated heterocycles. The highest BCUT2D eigenvalue weighted by molar-refractivity contribution is 6.31. The Morgan fingerprint density at radius 1 is 1.19 bits per heavy atom. The van der Waals surface area contributed by atoms with Gasteiger partial charge in [-0.05, 0) is 44.5 Å². The summed E-state index contributed by atoms with van der Waals surface area (Å²) in [5, 5.41) is -0.0818. The van der Waals surface area contributed by atoms with Crippen LogP contribution in [0.4, 0.5) is 14.9 Å². The van der Waals surface area contributed by atoms with E-state index in [0.29, 0.717) is 18.7 Å². The van der Waals surface area contributed by atoms with Crippen LogP contribution in [0.25, 0.3) is 0 Å². The van der Waals surface area contributed by atoms with Gasteiger partial charge in [0.05, 0.1) is 24.3 Å². The summed E-state index contributed by atoms with van der Waals surface area (Å²) >= 11 is 5.88. The number of carbonyl (C=O) groups excluding carboxylic acids is 2. The molecular formula is C24H28ClFN2O4. The number of halogens is 2. The second-order valence-electron chi connectivity index (χ2n) is 8.80. The molecule has 2 aromatic carbocycles. The van der Waals surface area contributed by atoms with Crippen molar-refractivity contribution in [3.63, 3.8) is 0 Å². The fraction of sp³-hybridized carbons (Fsp3) is 0.417. The summed E-state index contributed by atoms with van der Waals surface area (Å²) < 4.78 is 25.1. The number of amides is 2. The molecule has 1 fully saturated rings. The van der Waals surface area contributed by atoms with Gasteiger partial charge in [-0.25, -0.2) is 9.18 Å². The average Bonchev–Trinajstić information content (AvgIpc) is 3.17. The van der Waals surface area contributed by atoms with Gasteiger partial charge in [0.15, 0.2) is 0 Å². The molecule has 0 unspecified atom stereocenters. The fourth-order valence-electron chi connectivity index (χ4n) is 3.51. The number of carbonyl (C=O) groups is 2. The van der Waals surface area contributed by atoms with Gasteiger partial charge in [-0.2, -0.15) is 0 Å². The van der Waals surface area contributed by atoms with Crippen molar-refractivity contribution in [1.82, 2.24) is 4.90 Å². The topological polar surface area (TPSA) is 59.1 Å². The zero-order valence-corrected chi connectivity index (χ0v) is 19.4. The summed E-state index contributed by atoms with van der Waals surface area (Å²) in [4.78, 5) is 29.0. The molecule has 0 aliphatic carbocycles. The lowest BCUT2D eigenvalue weighted by molar-refractivity contribution is -0.122. The van der Waals surface area contributed by atoms with Crippen molar-refractivity contribution >= 4 is 29.3 Å². The molecule has 0 saturated carbocycles. The van der Waals surface area contributed by atoms with E-state index in [1.54, 1.807) is 27.8 Å². The molecule has 0 aromatic heterocycles. The van der Waals surface area contributed by atoms with Crippen LogP contribution in [0.2, 0.25) is 5.02 Å². The van der Waals surface area contributed by atoms with Crippen molar-refractivity contribution in [3.8, 4) is 0 Å². The summed E-state index contributed by atoms with van der Waals surface area (Å²) in [5.41, 5.74) is 0.729. The number of anilines is 1. The second-order valence-corrected chi connectivity index (χ2v) is 9.21. The van der Waals surface area contributed by atoms with Gasteiger partial charge in [0, 0.05) is 19.2 Å². The first kappa shape index (κ1) is 24.0. The molecule has 0 spiro atoms. The van der Waals surface area contributed by atoms with Crippen molar-refractivity contribution in [2.45, 2.75) is 51.5 Å². The Balaban J connectivity index is 1.77. The quantitative estimate of drug-likeness (QED) is 0.624. The molecule has 3 rings (SSSR count). The molecule has 2 amide bonds. The minimum Gasteiger partial charge on any atom is -0.444 e. The summed E-state index contributed by atoms with van der Waals surface area (Å²) in [6.07, 6.45) is -0.585. The number of nitrogens with zero attached hydrogens (tertiary/aromatic N) is 2. The molecule has 1 aliphatic heterocycles. The van der Waals surface area contributed by atoms with E-state index >= 15 is 0 Å². The molecule has 6 nitrogen and oxygen atoms in total. The molecule has 0 radical (unpaired) electrons. The van der Waals surface area contributed by atoms with Gasteiger partial charge in [0.25, 0.3) is 0 Å². The van der Waals surface area contributed by atoms with E-state index < -0.39 is 23.6 Å². The van der Waals surface area contributed by atoms with Crippen LogP contribution in [0.3, 0.4) is 0 Å². The number of likely N-dealkylation sites (N-methyl/N-ethyl adjacent to an activating group) is 1. The van der Waals surface area contributed by atoms with Gasteiger partial charge in [-0.1, -0.05) is 41.9 Å². The van der Waals surface area contributed by atoms with Crippen LogP contribution in [0.1, 0.15) is 32.8 Å². The minimum atomic E-state index is -0.778. The number of ether oxygens (including phenoxy) is 2. The number of benzene rings is 2. The van der Waals surface area contributed by atoms with Gasteiger partial charge < -0.3 is 14.4 Å². The first-order valence-corrected chi connectivity index (χ1v) is 10.8. The van der Waals surface area contributed by atoms with Gasteiger partial charge in [0.2, 0.25) is 5.91 Å². The normalized spacial score (nSPS) is 18.5. The lowest BCUT2D eigenvalue weighted by atomic mass is 10.1. The third kappa shape index (κ3) is 5.99. The minimum absolute atomic E-state index is 0.0818. The zero-order chi connectivity index (χ0) is 23.5. The van der Waals surface area contributed by atoms with Gasteiger partial charge in [-0.15, -0.1) is 0 Å². The largest absolute Gasteiger partial charge is 0.444 e. The van der Waals surface area contributed by atoms with E-state index in [9.17, 15) is 14.0 Å². The number of hydrogen-bond donors (Lipinski definition) is 0. The van der Waals surface area contributed by atoms with E-state index in [1.165, 1.54) is 28.0 Å². The molecule has 8 heteroatoms.